The molecule has 0 saturated carbocycles. The van der Waals surface area contributed by atoms with Crippen molar-refractivity contribution in [1.29, 1.82) is 0 Å². The number of amides is 1. The van der Waals surface area contributed by atoms with Crippen molar-refractivity contribution in [2.24, 2.45) is 5.92 Å². The number of carbonyl (C=O) groups is 1. The third-order valence-electron chi connectivity index (χ3n) is 5.50. The van der Waals surface area contributed by atoms with Gasteiger partial charge in [0, 0.05) is 39.3 Å². The van der Waals surface area contributed by atoms with E-state index in [1.54, 1.807) is 12.3 Å². The number of nitrogens with zero attached hydrogens (tertiary/aromatic N) is 3. The Morgan fingerprint density at radius 1 is 1.13 bits per heavy atom. The molecule has 0 aliphatic carbocycles. The van der Waals surface area contributed by atoms with E-state index >= 15 is 0 Å². The second-order valence-corrected chi connectivity index (χ2v) is 10.0. The molecular formula is C22H30N4O3S. The van der Waals surface area contributed by atoms with Gasteiger partial charge in [0.1, 0.15) is 0 Å². The molecule has 1 fully saturated rings. The number of sulfonamides is 1. The van der Waals surface area contributed by atoms with Crippen molar-refractivity contribution in [3.63, 3.8) is 0 Å². The predicted molar refractivity (Wildman–Crippen MR) is 119 cm³/mol. The molecule has 0 atom stereocenters. The molecule has 3 rings (SSSR count). The SMILES string of the molecule is Cc1cc(C)c(S(=O)(=O)N2CCC(C(=O)Nc3cccnc3N(C)C)CC2)c(C)c1. The van der Waals surface area contributed by atoms with E-state index in [4.69, 9.17) is 0 Å². The summed E-state index contributed by atoms with van der Waals surface area (Å²) in [6, 6.07) is 7.40. The number of aryl methyl sites for hydroxylation is 3. The standard InChI is InChI=1S/C22H30N4O3S/c1-15-13-16(2)20(17(3)14-15)30(28,29)26-11-8-18(9-12-26)22(27)24-19-7-6-10-23-21(19)25(4)5/h6-7,10,13-14,18H,8-9,11-12H2,1-5H3,(H,24,27). The Hall–Kier alpha value is -2.45. The van der Waals surface area contributed by atoms with E-state index in [0.717, 1.165) is 16.7 Å². The Morgan fingerprint density at radius 3 is 2.30 bits per heavy atom. The van der Waals surface area contributed by atoms with E-state index in [-0.39, 0.29) is 11.8 Å². The molecule has 2 aromatic rings. The number of hydrogen-bond donors (Lipinski definition) is 1. The number of nitrogens with one attached hydrogen (secondary N) is 1. The molecule has 1 saturated heterocycles. The highest BCUT2D eigenvalue weighted by atomic mass is 32.2. The summed E-state index contributed by atoms with van der Waals surface area (Å²) < 4.78 is 28.0. The first-order valence-corrected chi connectivity index (χ1v) is 11.6. The lowest BCUT2D eigenvalue weighted by Gasteiger charge is -2.31. The lowest BCUT2D eigenvalue weighted by Crippen LogP contribution is -2.41. The van der Waals surface area contributed by atoms with Gasteiger partial charge in [0.15, 0.2) is 5.82 Å². The van der Waals surface area contributed by atoms with Gasteiger partial charge in [-0.2, -0.15) is 4.31 Å². The second kappa shape index (κ2) is 8.73. The Bertz CT molecular complexity index is 1020. The molecule has 1 amide bonds. The minimum Gasteiger partial charge on any atom is -0.361 e. The summed E-state index contributed by atoms with van der Waals surface area (Å²) in [7, 11) is 0.162. The van der Waals surface area contributed by atoms with Crippen LogP contribution >= 0.6 is 0 Å². The molecule has 1 aromatic carbocycles. The number of hydrogen-bond acceptors (Lipinski definition) is 5. The van der Waals surface area contributed by atoms with Crippen molar-refractivity contribution in [2.75, 3.05) is 37.4 Å². The highest BCUT2D eigenvalue weighted by Crippen LogP contribution is 2.30. The van der Waals surface area contributed by atoms with E-state index in [9.17, 15) is 13.2 Å². The number of carbonyl (C=O) groups excluding carboxylic acids is 1. The zero-order valence-electron chi connectivity index (χ0n) is 18.3. The van der Waals surface area contributed by atoms with Gasteiger partial charge in [0.05, 0.1) is 10.6 Å². The van der Waals surface area contributed by atoms with Crippen molar-refractivity contribution >= 4 is 27.4 Å². The molecule has 30 heavy (non-hydrogen) atoms. The summed E-state index contributed by atoms with van der Waals surface area (Å²) in [5.41, 5.74) is 3.24. The summed E-state index contributed by atoms with van der Waals surface area (Å²) in [5, 5.41) is 2.96. The summed E-state index contributed by atoms with van der Waals surface area (Å²) >= 11 is 0. The van der Waals surface area contributed by atoms with Crippen molar-refractivity contribution in [3.8, 4) is 0 Å². The zero-order chi connectivity index (χ0) is 22.1. The Balaban J connectivity index is 1.70. The van der Waals surface area contributed by atoms with Gasteiger partial charge in [0.2, 0.25) is 15.9 Å². The molecule has 0 bridgehead atoms. The third-order valence-corrected chi connectivity index (χ3v) is 7.70. The quantitative estimate of drug-likeness (QED) is 0.788. The zero-order valence-corrected chi connectivity index (χ0v) is 19.1. The summed E-state index contributed by atoms with van der Waals surface area (Å²) in [6.07, 6.45) is 2.67. The van der Waals surface area contributed by atoms with Crippen LogP contribution in [0.1, 0.15) is 29.5 Å². The van der Waals surface area contributed by atoms with Crippen LogP contribution < -0.4 is 10.2 Å². The van der Waals surface area contributed by atoms with Crippen LogP contribution in [0.25, 0.3) is 0 Å². The Morgan fingerprint density at radius 2 is 1.73 bits per heavy atom. The van der Waals surface area contributed by atoms with Crippen molar-refractivity contribution in [3.05, 3.63) is 47.2 Å². The summed E-state index contributed by atoms with van der Waals surface area (Å²) in [4.78, 5) is 19.3. The predicted octanol–water partition coefficient (Wildman–Crippen LogP) is 3.11. The van der Waals surface area contributed by atoms with Crippen molar-refractivity contribution in [2.45, 2.75) is 38.5 Å². The molecule has 2 heterocycles. The van der Waals surface area contributed by atoms with Gasteiger partial charge in [-0.1, -0.05) is 17.7 Å². The summed E-state index contributed by atoms with van der Waals surface area (Å²) in [5.74, 6) is 0.369. The lowest BCUT2D eigenvalue weighted by molar-refractivity contribution is -0.120. The molecule has 1 N–H and O–H groups in total. The molecular weight excluding hydrogens is 400 g/mol. The maximum atomic E-state index is 13.2. The molecule has 1 aliphatic heterocycles. The fourth-order valence-electron chi connectivity index (χ4n) is 4.15. The monoisotopic (exact) mass is 430 g/mol. The fourth-order valence-corrected chi connectivity index (χ4v) is 6.03. The first kappa shape index (κ1) is 22.2. The Kier molecular flexibility index (Phi) is 6.47. The van der Waals surface area contributed by atoms with Crippen molar-refractivity contribution < 1.29 is 13.2 Å². The van der Waals surface area contributed by atoms with E-state index in [1.807, 2.05) is 58.0 Å². The van der Waals surface area contributed by atoms with Gasteiger partial charge < -0.3 is 10.2 Å². The molecule has 7 nitrogen and oxygen atoms in total. The normalized spacial score (nSPS) is 15.8. The van der Waals surface area contributed by atoms with Crippen LogP contribution in [0.3, 0.4) is 0 Å². The molecule has 1 aromatic heterocycles. The number of pyridine rings is 1. The third kappa shape index (κ3) is 4.49. The van der Waals surface area contributed by atoms with Crippen LogP contribution in [-0.4, -0.2) is 50.8 Å². The molecule has 0 radical (unpaired) electrons. The largest absolute Gasteiger partial charge is 0.361 e. The average molecular weight is 431 g/mol. The highest BCUT2D eigenvalue weighted by Gasteiger charge is 2.34. The highest BCUT2D eigenvalue weighted by molar-refractivity contribution is 7.89. The topological polar surface area (TPSA) is 82.6 Å². The van der Waals surface area contributed by atoms with E-state index in [2.05, 4.69) is 10.3 Å². The second-order valence-electron chi connectivity index (χ2n) is 8.16. The van der Waals surface area contributed by atoms with Crippen LogP contribution in [0.5, 0.6) is 0 Å². The van der Waals surface area contributed by atoms with E-state index < -0.39 is 10.0 Å². The number of aromatic nitrogens is 1. The molecule has 162 valence electrons. The number of benzene rings is 1. The van der Waals surface area contributed by atoms with Gasteiger partial charge in [-0.25, -0.2) is 13.4 Å². The van der Waals surface area contributed by atoms with Gasteiger partial charge >= 0.3 is 0 Å². The van der Waals surface area contributed by atoms with Crippen LogP contribution in [0.2, 0.25) is 0 Å². The van der Waals surface area contributed by atoms with Gasteiger partial charge in [-0.15, -0.1) is 0 Å². The smallest absolute Gasteiger partial charge is 0.243 e. The molecule has 0 unspecified atom stereocenters. The molecule has 0 spiro atoms. The summed E-state index contributed by atoms with van der Waals surface area (Å²) in [6.45, 7) is 6.30. The first-order chi connectivity index (χ1) is 14.1. The van der Waals surface area contributed by atoms with Crippen LogP contribution in [0.15, 0.2) is 35.4 Å². The van der Waals surface area contributed by atoms with Gasteiger partial charge in [-0.3, -0.25) is 4.79 Å². The van der Waals surface area contributed by atoms with Crippen LogP contribution in [0.4, 0.5) is 11.5 Å². The number of piperidine rings is 1. The van der Waals surface area contributed by atoms with Crippen LogP contribution in [0, 0.1) is 26.7 Å². The maximum absolute atomic E-state index is 13.2. The molecule has 8 heteroatoms. The van der Waals surface area contributed by atoms with Gasteiger partial charge in [-0.05, 0) is 56.9 Å². The first-order valence-electron chi connectivity index (χ1n) is 10.1. The minimum atomic E-state index is -3.58. The fraction of sp³-hybridized carbons (Fsp3) is 0.455. The number of anilines is 2. The van der Waals surface area contributed by atoms with Gasteiger partial charge in [0.25, 0.3) is 0 Å². The number of rotatable bonds is 5. The minimum absolute atomic E-state index is 0.0918. The Labute approximate surface area is 179 Å². The maximum Gasteiger partial charge on any atom is 0.243 e. The lowest BCUT2D eigenvalue weighted by atomic mass is 9.97. The van der Waals surface area contributed by atoms with Crippen LogP contribution in [-0.2, 0) is 14.8 Å². The average Bonchev–Trinajstić information content (AvgIpc) is 2.67. The molecule has 1 aliphatic rings. The van der Waals surface area contributed by atoms with E-state index in [1.165, 1.54) is 4.31 Å². The van der Waals surface area contributed by atoms with E-state index in [0.29, 0.717) is 42.3 Å². The van der Waals surface area contributed by atoms with Crippen molar-refractivity contribution in [1.82, 2.24) is 9.29 Å².